The number of sulfonamides is 1. The number of rotatable bonds is 9. The smallest absolute Gasteiger partial charge is 0.336 e. The maximum Gasteiger partial charge on any atom is 0.336 e. The van der Waals surface area contributed by atoms with E-state index in [0.29, 0.717) is 35.0 Å². The van der Waals surface area contributed by atoms with Crippen molar-refractivity contribution in [2.75, 3.05) is 19.7 Å². The molecule has 0 unspecified atom stereocenters. The number of hydrogen-bond donors (Lipinski definition) is 2. The van der Waals surface area contributed by atoms with E-state index in [1.165, 1.54) is 45.4 Å². The molecule has 2 aromatic carbocycles. The van der Waals surface area contributed by atoms with Gasteiger partial charge in [0.2, 0.25) is 10.0 Å². The van der Waals surface area contributed by atoms with E-state index in [4.69, 9.17) is 5.73 Å². The van der Waals surface area contributed by atoms with Gasteiger partial charge in [-0.25, -0.2) is 13.2 Å². The van der Waals surface area contributed by atoms with E-state index >= 15 is 0 Å². The molecule has 1 aliphatic rings. The summed E-state index contributed by atoms with van der Waals surface area (Å²) in [7, 11) is -3.89. The molecule has 2 heterocycles. The molecule has 12 nitrogen and oxygen atoms in total. The highest BCUT2D eigenvalue weighted by molar-refractivity contribution is 7.89. The molecule has 1 saturated heterocycles. The zero-order valence-electron chi connectivity index (χ0n) is 20.0. The monoisotopic (exact) mass is 530 g/mol. The Hall–Kier alpha value is -3.81. The largest absolute Gasteiger partial charge is 0.478 e. The first-order chi connectivity index (χ1) is 17.5. The molecule has 13 heteroatoms. The molecule has 0 radical (unpaired) electrons. The van der Waals surface area contributed by atoms with Crippen molar-refractivity contribution in [1.29, 1.82) is 0 Å². The lowest BCUT2D eigenvalue weighted by molar-refractivity contribution is -0.757. The van der Waals surface area contributed by atoms with Gasteiger partial charge >= 0.3 is 5.97 Å². The number of nitrogens with two attached hydrogens (primary N) is 1. The molecule has 3 N–H and O–H groups in total. The average Bonchev–Trinajstić information content (AvgIpc) is 3.29. The van der Waals surface area contributed by atoms with Crippen LogP contribution in [0.5, 0.6) is 0 Å². The van der Waals surface area contributed by atoms with Crippen LogP contribution in [0.15, 0.2) is 52.3 Å². The minimum absolute atomic E-state index is 0.0180. The summed E-state index contributed by atoms with van der Waals surface area (Å²) < 4.78 is 29.4. The minimum Gasteiger partial charge on any atom is -0.478 e. The normalized spacial score (nSPS) is 16.2. The summed E-state index contributed by atoms with van der Waals surface area (Å²) in [5.41, 5.74) is 6.66. The van der Waals surface area contributed by atoms with Crippen molar-refractivity contribution in [2.45, 2.75) is 37.2 Å². The lowest BCUT2D eigenvalue weighted by atomic mass is 9.98. The molecule has 4 rings (SSSR count). The number of carboxylic acids is 1. The van der Waals surface area contributed by atoms with Crippen LogP contribution in [-0.4, -0.2) is 59.2 Å². The van der Waals surface area contributed by atoms with Crippen molar-refractivity contribution in [3.63, 3.8) is 0 Å². The number of aryl methyl sites for hydroxylation is 1. The predicted molar refractivity (Wildman–Crippen MR) is 133 cm³/mol. The second-order valence-corrected chi connectivity index (χ2v) is 10.8. The van der Waals surface area contributed by atoms with Gasteiger partial charge in [-0.3, -0.25) is 4.79 Å². The molecular weight excluding hydrogens is 504 g/mol. The molecule has 1 atom stereocenters. The number of aromatic carboxylic acids is 1. The Kier molecular flexibility index (Phi) is 7.30. The number of nitrogens with zero attached hydrogens (tertiary/aromatic N) is 3. The van der Waals surface area contributed by atoms with Gasteiger partial charge in [0.15, 0.2) is 0 Å². The standard InChI is InChI=1S/C24H26N4O8S/c1-15-12-26(14-20-16(9-11-36-28(32)33)4-2-5-18(20)24(30)31)23(29)19-6-3-7-21(22(15)19)37(34,35)27-10-8-17(25)13-27/h2-7,12,17H,8-11,13-14,25H2,1H3,(H,30,31)/t17-/m0/s1. The van der Waals surface area contributed by atoms with Crippen molar-refractivity contribution in [2.24, 2.45) is 5.73 Å². The van der Waals surface area contributed by atoms with E-state index in [9.17, 15) is 33.2 Å². The highest BCUT2D eigenvalue weighted by Gasteiger charge is 2.32. The zero-order valence-corrected chi connectivity index (χ0v) is 20.8. The number of carboxylic acid groups (broad SMARTS) is 1. The first-order valence-electron chi connectivity index (χ1n) is 11.5. The number of benzene rings is 2. The molecule has 0 aliphatic carbocycles. The molecule has 0 bridgehead atoms. The van der Waals surface area contributed by atoms with Gasteiger partial charge in [0.05, 0.1) is 17.0 Å². The third-order valence-electron chi connectivity index (χ3n) is 6.47. The Balaban J connectivity index is 1.80. The van der Waals surface area contributed by atoms with E-state index in [1.807, 2.05) is 0 Å². The lowest BCUT2D eigenvalue weighted by Gasteiger charge is -2.19. The summed E-state index contributed by atoms with van der Waals surface area (Å²) >= 11 is 0. The van der Waals surface area contributed by atoms with Crippen molar-refractivity contribution >= 4 is 26.8 Å². The van der Waals surface area contributed by atoms with Crippen LogP contribution in [-0.2, 0) is 27.8 Å². The Morgan fingerprint density at radius 2 is 2.00 bits per heavy atom. The highest BCUT2D eigenvalue weighted by atomic mass is 32.2. The van der Waals surface area contributed by atoms with Gasteiger partial charge in [0, 0.05) is 36.1 Å². The van der Waals surface area contributed by atoms with E-state index in [2.05, 4.69) is 4.84 Å². The summed E-state index contributed by atoms with van der Waals surface area (Å²) in [6.07, 6.45) is 2.10. The first kappa shape index (κ1) is 26.3. The van der Waals surface area contributed by atoms with Gasteiger partial charge < -0.3 is 20.2 Å². The Morgan fingerprint density at radius 3 is 2.65 bits per heavy atom. The lowest BCUT2D eigenvalue weighted by Crippen LogP contribution is -2.32. The average molecular weight is 531 g/mol. The van der Waals surface area contributed by atoms with Crippen molar-refractivity contribution in [1.82, 2.24) is 8.87 Å². The number of pyridine rings is 1. The molecule has 0 saturated carbocycles. The van der Waals surface area contributed by atoms with Crippen LogP contribution in [0.3, 0.4) is 0 Å². The van der Waals surface area contributed by atoms with Gasteiger partial charge in [0.25, 0.3) is 10.6 Å². The van der Waals surface area contributed by atoms with Crippen LogP contribution in [0.25, 0.3) is 10.8 Å². The predicted octanol–water partition coefficient (Wildman–Crippen LogP) is 1.53. The van der Waals surface area contributed by atoms with E-state index in [1.54, 1.807) is 13.0 Å². The first-order valence-corrected chi connectivity index (χ1v) is 12.9. The second-order valence-electron chi connectivity index (χ2n) is 8.89. The number of carbonyl (C=O) groups is 1. The van der Waals surface area contributed by atoms with E-state index in [0.717, 1.165) is 0 Å². The Labute approximate surface area is 212 Å². The Bertz CT molecular complexity index is 1550. The van der Waals surface area contributed by atoms with Gasteiger partial charge in [-0.05, 0) is 54.7 Å². The van der Waals surface area contributed by atoms with Crippen LogP contribution >= 0.6 is 0 Å². The van der Waals surface area contributed by atoms with Crippen molar-refractivity contribution in [3.05, 3.63) is 85.3 Å². The van der Waals surface area contributed by atoms with Crippen LogP contribution in [0, 0.1) is 17.0 Å². The van der Waals surface area contributed by atoms with Gasteiger partial charge in [-0.15, -0.1) is 10.1 Å². The third kappa shape index (κ3) is 5.19. The number of aromatic nitrogens is 1. The fourth-order valence-electron chi connectivity index (χ4n) is 4.73. The van der Waals surface area contributed by atoms with Crippen LogP contribution < -0.4 is 11.3 Å². The quantitative estimate of drug-likeness (QED) is 0.307. The fraction of sp³-hybridized carbons (Fsp3) is 0.333. The van der Waals surface area contributed by atoms with E-state index in [-0.39, 0.29) is 48.0 Å². The van der Waals surface area contributed by atoms with Gasteiger partial charge in [0.1, 0.15) is 6.61 Å². The summed E-state index contributed by atoms with van der Waals surface area (Å²) in [6.45, 7) is 1.76. The Morgan fingerprint density at radius 1 is 1.27 bits per heavy atom. The molecule has 1 fully saturated rings. The molecule has 0 spiro atoms. The van der Waals surface area contributed by atoms with Crippen LogP contribution in [0.2, 0.25) is 0 Å². The maximum atomic E-state index is 13.5. The molecule has 37 heavy (non-hydrogen) atoms. The molecular formula is C24H26N4O8S. The second kappa shape index (κ2) is 10.3. The molecule has 3 aromatic rings. The van der Waals surface area contributed by atoms with Gasteiger partial charge in [-0.1, -0.05) is 18.2 Å². The summed E-state index contributed by atoms with van der Waals surface area (Å²) in [4.78, 5) is 40.4. The maximum absolute atomic E-state index is 13.5. The molecule has 1 aromatic heterocycles. The third-order valence-corrected chi connectivity index (χ3v) is 8.37. The van der Waals surface area contributed by atoms with Crippen LogP contribution in [0.1, 0.15) is 33.5 Å². The van der Waals surface area contributed by atoms with Crippen molar-refractivity contribution < 1.29 is 28.2 Å². The highest BCUT2D eigenvalue weighted by Crippen LogP contribution is 2.29. The molecule has 0 amide bonds. The summed E-state index contributed by atoms with van der Waals surface area (Å²) in [5, 5.41) is 19.8. The van der Waals surface area contributed by atoms with Crippen LogP contribution in [0.4, 0.5) is 0 Å². The topological polar surface area (TPSA) is 175 Å². The van der Waals surface area contributed by atoms with Gasteiger partial charge in [-0.2, -0.15) is 4.31 Å². The number of hydrogen-bond acceptors (Lipinski definition) is 8. The minimum atomic E-state index is -3.89. The zero-order chi connectivity index (χ0) is 26.9. The molecule has 196 valence electrons. The molecule has 1 aliphatic heterocycles. The van der Waals surface area contributed by atoms with E-state index < -0.39 is 26.6 Å². The SMILES string of the molecule is Cc1cn(Cc2c(CCO[N+](=O)[O-])cccc2C(=O)O)c(=O)c2cccc(S(=O)(=O)N3CC[C@H](N)C3)c12. The summed E-state index contributed by atoms with van der Waals surface area (Å²) in [5.74, 6) is -1.21. The van der Waals surface area contributed by atoms with Crippen molar-refractivity contribution in [3.8, 4) is 0 Å². The fourth-order valence-corrected chi connectivity index (χ4v) is 6.52. The number of fused-ring (bicyclic) bond motifs is 1. The summed E-state index contributed by atoms with van der Waals surface area (Å²) in [6, 6.07) is 8.78.